The van der Waals surface area contributed by atoms with Crippen LogP contribution in [-0.4, -0.2) is 77.8 Å². The number of fused-ring (bicyclic) bond motifs is 3. The number of sulfonamides is 1. The molecule has 0 unspecified atom stereocenters. The molecule has 84 heavy (non-hydrogen) atoms. The molecule has 10 aromatic rings. The normalized spacial score (nSPS) is 15.3. The van der Waals surface area contributed by atoms with E-state index in [4.69, 9.17) is 11.6 Å². The standard InChI is InChI=1S/C20H15F.C20H15.C17H12N3O4S.C7H14ClFN2.C5H5N.Ni/c21-20(18-14-8-3-9-15-18)19(16-10-4-1-5-11-16)17-12-6-2-7-13-17;1-4-10-17(11-5-1)16-20(18-12-6-2-7-13-18)19-14-8-3-9-15-19;21-20(22)16-10-3-4-11-17(16)25(23,24)19-15-9-2-1-7-13(15)14-8-5-6-12-18-14;8-7-10-1-4-11(9,5-2-10)6-3-10;1-2-4-6-5-3-1;/h1-15H;1-15H;1-12H;1-7H2;1-5H;/q;2*-1;+2;;+2. The number of piperazine rings is 3. The Labute approximate surface area is 506 Å². The van der Waals surface area contributed by atoms with Crippen LogP contribution in [0.4, 0.5) is 20.2 Å². The first-order valence-corrected chi connectivity index (χ1v) is 28.8. The van der Waals surface area contributed by atoms with Gasteiger partial charge in [-0.2, -0.15) is 0 Å². The first-order chi connectivity index (χ1) is 40.5. The van der Waals surface area contributed by atoms with E-state index in [2.05, 4.69) is 81.4 Å². The summed E-state index contributed by atoms with van der Waals surface area (Å²) < 4.78 is 58.4. The Balaban J connectivity index is 0.000000158. The Bertz CT molecular complexity index is 3640. The maximum Gasteiger partial charge on any atom is 2.00 e. The van der Waals surface area contributed by atoms with Crippen LogP contribution >= 0.6 is 11.6 Å². The fourth-order valence-corrected chi connectivity index (χ4v) is 10.7. The van der Waals surface area contributed by atoms with Crippen molar-refractivity contribution in [3.05, 3.63) is 340 Å². The predicted octanol–water partition coefficient (Wildman–Crippen LogP) is 16.4. The largest absolute Gasteiger partial charge is 2.00 e. The van der Waals surface area contributed by atoms with E-state index in [1.54, 1.807) is 67.1 Å². The van der Waals surface area contributed by atoms with Crippen LogP contribution in [0, 0.1) is 16.2 Å². The molecule has 3 saturated heterocycles. The molecule has 15 heteroatoms. The van der Waals surface area contributed by atoms with E-state index in [0.29, 0.717) is 48.0 Å². The zero-order chi connectivity index (χ0) is 58.2. The van der Waals surface area contributed by atoms with Crippen LogP contribution in [0.2, 0.25) is 0 Å². The minimum Gasteiger partial charge on any atom is -0.572 e. The van der Waals surface area contributed by atoms with Crippen molar-refractivity contribution in [3.63, 3.8) is 0 Å². The molecule has 0 aliphatic carbocycles. The van der Waals surface area contributed by atoms with Gasteiger partial charge in [-0.25, -0.2) is 12.8 Å². The quantitative estimate of drug-likeness (QED) is 0.0138. The summed E-state index contributed by atoms with van der Waals surface area (Å²) in [6, 6.07) is 82.9. The van der Waals surface area contributed by atoms with Crippen molar-refractivity contribution in [2.75, 3.05) is 45.3 Å². The number of nitrogens with zero attached hydrogens (tertiary/aromatic N) is 6. The molecule has 0 saturated carbocycles. The van der Waals surface area contributed by atoms with Gasteiger partial charge in [0.25, 0.3) is 5.69 Å². The van der Waals surface area contributed by atoms with E-state index < -0.39 is 25.5 Å². The molecule has 3 aliphatic heterocycles. The maximum atomic E-state index is 15.1. The predicted molar refractivity (Wildman–Crippen MR) is 329 cm³/mol. The van der Waals surface area contributed by atoms with Crippen LogP contribution in [0.1, 0.15) is 33.4 Å². The summed E-state index contributed by atoms with van der Waals surface area (Å²) in [5.41, 5.74) is 8.29. The molecule has 2 bridgehead atoms. The molecule has 3 aliphatic rings. The summed E-state index contributed by atoms with van der Waals surface area (Å²) in [4.78, 5) is 17.9. The van der Waals surface area contributed by atoms with Gasteiger partial charge in [0.15, 0.2) is 25.6 Å². The topological polar surface area (TPSA) is 117 Å². The van der Waals surface area contributed by atoms with Crippen molar-refractivity contribution in [1.29, 1.82) is 0 Å². The second kappa shape index (κ2) is 31.6. The van der Waals surface area contributed by atoms with Gasteiger partial charge in [-0.1, -0.05) is 241 Å². The average Bonchev–Trinajstić information content (AvgIpc) is 2.73. The molecule has 5 heterocycles. The molecule has 0 N–H and O–H groups in total. The second-order valence-electron chi connectivity index (χ2n) is 19.3. The van der Waals surface area contributed by atoms with Gasteiger partial charge in [0.05, 0.1) is 10.6 Å². The number of nitro benzene ring substituents is 1. The number of nitro groups is 1. The fraction of sp³-hybridized carbons (Fsp3) is 0.101. The second-order valence-corrected chi connectivity index (χ2v) is 21.1. The van der Waals surface area contributed by atoms with E-state index in [0.717, 1.165) is 52.4 Å². The first-order valence-electron chi connectivity index (χ1n) is 26.9. The zero-order valence-electron chi connectivity index (χ0n) is 45.8. The number of hydrogen-bond donors (Lipinski definition) is 0. The molecule has 0 spiro atoms. The molecule has 426 valence electrons. The van der Waals surface area contributed by atoms with E-state index in [9.17, 15) is 23.0 Å². The molecule has 2 aromatic heterocycles. The maximum absolute atomic E-state index is 15.1. The average molecular weight is 1200 g/mol. The number of benzene rings is 8. The van der Waals surface area contributed by atoms with Crippen LogP contribution in [0.15, 0.2) is 290 Å². The van der Waals surface area contributed by atoms with Crippen molar-refractivity contribution in [2.24, 2.45) is 0 Å². The van der Waals surface area contributed by atoms with Crippen LogP contribution in [-0.2, 0) is 26.5 Å². The summed E-state index contributed by atoms with van der Waals surface area (Å²) in [5.74, 6) is -0.201. The number of hydrogen-bond acceptors (Lipinski definition) is 6. The molecule has 0 amide bonds. The summed E-state index contributed by atoms with van der Waals surface area (Å²) in [6.07, 6.45) is 8.61. The van der Waals surface area contributed by atoms with Crippen molar-refractivity contribution in [2.45, 2.75) is 4.90 Å². The number of pyridine rings is 2. The number of para-hydroxylation sites is 1. The van der Waals surface area contributed by atoms with Gasteiger partial charge in [0.1, 0.15) is 40.4 Å². The summed E-state index contributed by atoms with van der Waals surface area (Å²) in [6.45, 7) is 4.81. The summed E-state index contributed by atoms with van der Waals surface area (Å²) >= 11 is 5.85. The molecule has 10 nitrogen and oxygen atoms in total. The monoisotopic (exact) mass is 1200 g/mol. The Kier molecular flexibility index (Phi) is 23.7. The third-order valence-corrected chi connectivity index (χ3v) is 15.5. The zero-order valence-corrected chi connectivity index (χ0v) is 48.3. The van der Waals surface area contributed by atoms with E-state index in [-0.39, 0.29) is 32.7 Å². The Morgan fingerprint density at radius 3 is 1.40 bits per heavy atom. The number of rotatable bonds is 12. The van der Waals surface area contributed by atoms with Gasteiger partial charge >= 0.3 is 16.5 Å². The minimum absolute atomic E-state index is 0. The van der Waals surface area contributed by atoms with Crippen LogP contribution < -0.4 is 0 Å². The number of quaternary nitrogens is 2. The Hall–Kier alpha value is -8.75. The Morgan fingerprint density at radius 1 is 0.536 bits per heavy atom. The van der Waals surface area contributed by atoms with Gasteiger partial charge in [0.2, 0.25) is 0 Å². The molecular weight excluding hydrogens is 1140 g/mol. The van der Waals surface area contributed by atoms with Gasteiger partial charge in [-0.05, 0) is 51.5 Å². The molecular formula is C69H61ClF2N6NiO4S+2. The van der Waals surface area contributed by atoms with E-state index in [1.165, 1.54) is 35.4 Å². The van der Waals surface area contributed by atoms with Gasteiger partial charge in [0, 0.05) is 35.8 Å². The fourth-order valence-electron chi connectivity index (χ4n) is 9.18. The van der Waals surface area contributed by atoms with Crippen molar-refractivity contribution in [1.82, 2.24) is 9.97 Å². The third-order valence-electron chi connectivity index (χ3n) is 13.7. The minimum atomic E-state index is -4.26. The van der Waals surface area contributed by atoms with Gasteiger partial charge in [-0.15, -0.1) is 39.7 Å². The summed E-state index contributed by atoms with van der Waals surface area (Å²) in [7, 11) is -4.26. The van der Waals surface area contributed by atoms with Crippen molar-refractivity contribution in [3.8, 4) is 11.3 Å². The van der Waals surface area contributed by atoms with Crippen LogP contribution in [0.5, 0.6) is 0 Å². The van der Waals surface area contributed by atoms with Crippen LogP contribution in [0.3, 0.4) is 0 Å². The smallest absolute Gasteiger partial charge is 0.572 e. The number of alkyl halides is 1. The van der Waals surface area contributed by atoms with Crippen molar-refractivity contribution >= 4 is 50.0 Å². The molecule has 3 fully saturated rings. The Morgan fingerprint density at radius 2 is 0.952 bits per heavy atom. The van der Waals surface area contributed by atoms with Gasteiger partial charge < -0.3 is 4.72 Å². The third kappa shape index (κ3) is 17.9. The molecule has 0 atom stereocenters. The molecule has 0 radical (unpaired) electrons. The SMILES string of the molecule is FC(=C(c1ccccc1)c1ccccc1)c1ccccc1.F[N+]12CC[N+](CCl)(CC1)CC2.O=[N+]([O-])c1ccccc1S(=O)(=O)[N-]c1ccccc1-c1ccccn1.[C-](=C(c1ccccc1)c1ccccc1)c1ccccc1.[Ni+2].c1ccncc1. The van der Waals surface area contributed by atoms with Gasteiger partial charge in [-0.3, -0.25) is 24.6 Å². The number of aromatic nitrogens is 2. The van der Waals surface area contributed by atoms with E-state index in [1.807, 2.05) is 127 Å². The van der Waals surface area contributed by atoms with Crippen molar-refractivity contribution < 1.29 is 47.9 Å². The molecule has 13 rings (SSSR count). The summed E-state index contributed by atoms with van der Waals surface area (Å²) in [5, 5.41) is 11.1. The first kappa shape index (κ1) is 62.8. The van der Waals surface area contributed by atoms with Crippen LogP contribution in [0.25, 0.3) is 33.0 Å². The number of halogens is 3. The molecule has 8 aromatic carbocycles. The van der Waals surface area contributed by atoms with E-state index >= 15 is 4.39 Å².